The summed E-state index contributed by atoms with van der Waals surface area (Å²) in [5, 5.41) is 0. The smallest absolute Gasteiger partial charge is 0.305 e. The van der Waals surface area contributed by atoms with Crippen LogP contribution < -0.4 is 0 Å². The van der Waals surface area contributed by atoms with Crippen LogP contribution in [0, 0.1) is 0 Å². The van der Waals surface area contributed by atoms with E-state index in [1.54, 1.807) is 0 Å². The molecule has 0 rings (SSSR count). The van der Waals surface area contributed by atoms with Gasteiger partial charge in [0.05, 0.1) is 7.11 Å². The Morgan fingerprint density at radius 3 is 2.00 bits per heavy atom. The van der Waals surface area contributed by atoms with Crippen LogP contribution in [0.3, 0.4) is 0 Å². The van der Waals surface area contributed by atoms with Gasteiger partial charge in [0.25, 0.3) is 0 Å². The lowest BCUT2D eigenvalue weighted by Crippen LogP contribution is -1.98. The molecule has 0 unspecified atom stereocenters. The van der Waals surface area contributed by atoms with Gasteiger partial charge >= 0.3 is 5.97 Å². The van der Waals surface area contributed by atoms with E-state index in [1.165, 1.54) is 32.8 Å². The Labute approximate surface area is 131 Å². The molecule has 21 heavy (non-hydrogen) atoms. The van der Waals surface area contributed by atoms with Crippen LogP contribution in [0.5, 0.6) is 0 Å². The number of carbonyl (C=O) groups is 1. The molecule has 0 heterocycles. The summed E-state index contributed by atoms with van der Waals surface area (Å²) in [5.74, 6) is -0.0915. The molecule has 120 valence electrons. The lowest BCUT2D eigenvalue weighted by molar-refractivity contribution is -0.140. The van der Waals surface area contributed by atoms with Gasteiger partial charge in [-0.3, -0.25) is 4.79 Å². The molecule has 0 N–H and O–H groups in total. The highest BCUT2D eigenvalue weighted by atomic mass is 16.5. The molecule has 0 radical (unpaired) electrons. The largest absolute Gasteiger partial charge is 0.469 e. The number of hydrogen-bond donors (Lipinski definition) is 0. The lowest BCUT2D eigenvalue weighted by atomic mass is 10.1. The third kappa shape index (κ3) is 16.6. The average molecular weight is 292 g/mol. The van der Waals surface area contributed by atoms with Gasteiger partial charge in [0.2, 0.25) is 0 Å². The van der Waals surface area contributed by atoms with Crippen LogP contribution in [-0.2, 0) is 9.53 Å². The summed E-state index contributed by atoms with van der Waals surface area (Å²) >= 11 is 0. The van der Waals surface area contributed by atoms with E-state index < -0.39 is 0 Å². The van der Waals surface area contributed by atoms with Gasteiger partial charge in [-0.1, -0.05) is 62.6 Å². The molecule has 2 heteroatoms. The molecule has 0 saturated carbocycles. The summed E-state index contributed by atoms with van der Waals surface area (Å²) in [5.41, 5.74) is 0. The number of carbonyl (C=O) groups excluding carboxylic acids is 1. The first-order valence-electron chi connectivity index (χ1n) is 8.33. The van der Waals surface area contributed by atoms with Gasteiger partial charge in [-0.25, -0.2) is 0 Å². The van der Waals surface area contributed by atoms with Gasteiger partial charge in [0.1, 0.15) is 0 Å². The topological polar surface area (TPSA) is 26.3 Å². The summed E-state index contributed by atoms with van der Waals surface area (Å²) in [6.45, 7) is 2.20. The first-order valence-corrected chi connectivity index (χ1v) is 8.33. The highest BCUT2D eigenvalue weighted by molar-refractivity contribution is 5.68. The maximum atomic E-state index is 10.9. The molecule has 0 saturated heterocycles. The van der Waals surface area contributed by atoms with Crippen molar-refractivity contribution in [3.8, 4) is 0 Å². The predicted octanol–water partition coefficient (Wildman–Crippen LogP) is 5.75. The summed E-state index contributed by atoms with van der Waals surface area (Å²) in [6.07, 6.45) is 24.1. The molecular weight excluding hydrogens is 260 g/mol. The first kappa shape index (κ1) is 19.7. The number of rotatable bonds is 13. The fourth-order valence-corrected chi connectivity index (χ4v) is 1.93. The van der Waals surface area contributed by atoms with Crippen LogP contribution in [0.1, 0.15) is 71.1 Å². The number of methoxy groups -OCH3 is 1. The predicted molar refractivity (Wildman–Crippen MR) is 91.3 cm³/mol. The monoisotopic (exact) mass is 292 g/mol. The van der Waals surface area contributed by atoms with Gasteiger partial charge in [0, 0.05) is 6.42 Å². The van der Waals surface area contributed by atoms with E-state index in [-0.39, 0.29) is 5.97 Å². The quantitative estimate of drug-likeness (QED) is 0.245. The van der Waals surface area contributed by atoms with Crippen LogP contribution in [0.2, 0.25) is 0 Å². The van der Waals surface area contributed by atoms with Crippen molar-refractivity contribution in [1.29, 1.82) is 0 Å². The minimum Gasteiger partial charge on any atom is -0.469 e. The van der Waals surface area contributed by atoms with E-state index >= 15 is 0 Å². The van der Waals surface area contributed by atoms with Gasteiger partial charge in [-0.05, 0) is 38.5 Å². The number of unbranched alkanes of at least 4 members (excludes halogenated alkanes) is 5. The van der Waals surface area contributed by atoms with Crippen molar-refractivity contribution < 1.29 is 9.53 Å². The lowest BCUT2D eigenvalue weighted by Gasteiger charge is -1.99. The molecule has 0 aliphatic rings. The van der Waals surface area contributed by atoms with Crippen LogP contribution in [0.25, 0.3) is 0 Å². The Morgan fingerprint density at radius 1 is 0.810 bits per heavy atom. The fourth-order valence-electron chi connectivity index (χ4n) is 1.93. The third-order valence-corrected chi connectivity index (χ3v) is 3.23. The number of allylic oxidation sites excluding steroid dienone is 6. The van der Waals surface area contributed by atoms with E-state index in [0.717, 1.165) is 32.1 Å². The molecule has 0 amide bonds. The van der Waals surface area contributed by atoms with Crippen LogP contribution in [-0.4, -0.2) is 13.1 Å². The van der Waals surface area contributed by atoms with E-state index in [2.05, 4.69) is 48.1 Å². The van der Waals surface area contributed by atoms with Crippen molar-refractivity contribution in [1.82, 2.24) is 0 Å². The van der Waals surface area contributed by atoms with Crippen LogP contribution in [0.15, 0.2) is 36.5 Å². The molecule has 0 atom stereocenters. The normalized spacial score (nSPS) is 11.9. The summed E-state index contributed by atoms with van der Waals surface area (Å²) in [4.78, 5) is 10.9. The van der Waals surface area contributed by atoms with Crippen molar-refractivity contribution in [2.45, 2.75) is 71.1 Å². The van der Waals surface area contributed by atoms with Crippen molar-refractivity contribution in [3.63, 3.8) is 0 Å². The zero-order chi connectivity index (χ0) is 15.6. The first-order chi connectivity index (χ1) is 10.3. The number of esters is 1. The van der Waals surface area contributed by atoms with Gasteiger partial charge in [-0.15, -0.1) is 0 Å². The van der Waals surface area contributed by atoms with E-state index in [1.807, 2.05) is 0 Å². The maximum Gasteiger partial charge on any atom is 0.305 e. The molecule has 0 fully saturated rings. The average Bonchev–Trinajstić information content (AvgIpc) is 2.50. The van der Waals surface area contributed by atoms with E-state index in [4.69, 9.17) is 0 Å². The van der Waals surface area contributed by atoms with Crippen LogP contribution in [0.4, 0.5) is 0 Å². The Kier molecular flexibility index (Phi) is 15.7. The fraction of sp³-hybridized carbons (Fsp3) is 0.632. The molecule has 0 spiro atoms. The Bertz CT molecular complexity index is 314. The second kappa shape index (κ2) is 16.7. The molecule has 0 aliphatic heterocycles. The van der Waals surface area contributed by atoms with Gasteiger partial charge in [0.15, 0.2) is 0 Å². The van der Waals surface area contributed by atoms with Crippen molar-refractivity contribution in [3.05, 3.63) is 36.5 Å². The second-order valence-corrected chi connectivity index (χ2v) is 5.20. The molecule has 0 aliphatic carbocycles. The van der Waals surface area contributed by atoms with Gasteiger partial charge in [-0.2, -0.15) is 0 Å². The van der Waals surface area contributed by atoms with Crippen molar-refractivity contribution >= 4 is 5.97 Å². The standard InChI is InChI=1S/C19H32O2/c1-3-4-5-6-7-8-9-10-11-12-13-14-15-16-17-18-19(20)21-2/h5-6,8-9,11-12H,3-4,7,10,13-18H2,1-2H3/b6-5-,9-8-,12-11-. The molecule has 0 aromatic rings. The Hall–Kier alpha value is -1.31. The highest BCUT2D eigenvalue weighted by Gasteiger charge is 1.98. The summed E-state index contributed by atoms with van der Waals surface area (Å²) in [6, 6.07) is 0. The summed E-state index contributed by atoms with van der Waals surface area (Å²) in [7, 11) is 1.45. The zero-order valence-corrected chi connectivity index (χ0v) is 13.9. The zero-order valence-electron chi connectivity index (χ0n) is 13.9. The van der Waals surface area contributed by atoms with E-state index in [9.17, 15) is 4.79 Å². The minimum absolute atomic E-state index is 0.0915. The molecule has 0 aromatic heterocycles. The van der Waals surface area contributed by atoms with E-state index in [0.29, 0.717) is 6.42 Å². The molecular formula is C19H32O2. The van der Waals surface area contributed by atoms with Gasteiger partial charge < -0.3 is 4.74 Å². The summed E-state index contributed by atoms with van der Waals surface area (Å²) < 4.78 is 4.61. The third-order valence-electron chi connectivity index (χ3n) is 3.23. The Balaban J connectivity index is 3.29. The molecule has 0 aromatic carbocycles. The minimum atomic E-state index is -0.0915. The second-order valence-electron chi connectivity index (χ2n) is 5.20. The molecule has 2 nitrogen and oxygen atoms in total. The van der Waals surface area contributed by atoms with Crippen LogP contribution >= 0.6 is 0 Å². The number of hydrogen-bond acceptors (Lipinski definition) is 2. The molecule has 0 bridgehead atoms. The number of ether oxygens (including phenoxy) is 1. The Morgan fingerprint density at radius 2 is 1.38 bits per heavy atom. The SMILES string of the molecule is CCC/C=C\C/C=C\C/C=C\CCCCCCC(=O)OC. The highest BCUT2D eigenvalue weighted by Crippen LogP contribution is 2.06. The van der Waals surface area contributed by atoms with Crippen molar-refractivity contribution in [2.24, 2.45) is 0 Å². The maximum absolute atomic E-state index is 10.9. The van der Waals surface area contributed by atoms with Crippen molar-refractivity contribution in [2.75, 3.05) is 7.11 Å².